The number of nitrogens with zero attached hydrogens (tertiary/aromatic N) is 1. The van der Waals surface area contributed by atoms with Gasteiger partial charge in [0.15, 0.2) is 6.61 Å². The molecular weight excluding hydrogens is 360 g/mol. The molecule has 3 aromatic rings. The van der Waals surface area contributed by atoms with Gasteiger partial charge in [0.1, 0.15) is 5.01 Å². The largest absolute Gasteiger partial charge is 0.455 e. The number of ether oxygens (including phenoxy) is 1. The molecule has 27 heavy (non-hydrogen) atoms. The fourth-order valence-corrected chi connectivity index (χ4v) is 3.60. The number of likely N-dealkylation sites (N-methyl/N-ethyl adjacent to an activating group) is 1. The van der Waals surface area contributed by atoms with Crippen molar-refractivity contribution in [1.82, 2.24) is 10.3 Å². The Kier molecular flexibility index (Phi) is 5.98. The van der Waals surface area contributed by atoms with E-state index in [9.17, 15) is 9.59 Å². The number of amides is 1. The van der Waals surface area contributed by atoms with Crippen LogP contribution in [0.3, 0.4) is 0 Å². The summed E-state index contributed by atoms with van der Waals surface area (Å²) in [6, 6.07) is 18.0. The molecule has 0 atom stereocenters. The van der Waals surface area contributed by atoms with Crippen molar-refractivity contribution in [2.75, 3.05) is 13.7 Å². The molecule has 2 aromatic carbocycles. The molecule has 0 aliphatic heterocycles. The number of carbonyl (C=O) groups is 2. The summed E-state index contributed by atoms with van der Waals surface area (Å²) in [6.07, 6.45) is 0.0174. The predicted molar refractivity (Wildman–Crippen MR) is 106 cm³/mol. The van der Waals surface area contributed by atoms with Gasteiger partial charge in [-0.2, -0.15) is 0 Å². The monoisotopic (exact) mass is 380 g/mol. The lowest BCUT2D eigenvalue weighted by atomic mass is 10.1. The Bertz CT molecular complexity index is 934. The standard InChI is InChI=1S/C21H20N2O3S/c1-14-8-10-15(11-9-14)20-17(12-19(25)26-13-18(24)22-2)23-21(27-20)16-6-4-3-5-7-16/h3-11H,12-13H2,1-2H3,(H,22,24). The van der Waals surface area contributed by atoms with Crippen LogP contribution < -0.4 is 5.32 Å². The second kappa shape index (κ2) is 8.60. The molecular formula is C21H20N2O3S. The third-order valence-corrected chi connectivity index (χ3v) is 5.18. The van der Waals surface area contributed by atoms with E-state index < -0.39 is 5.97 Å². The first-order valence-electron chi connectivity index (χ1n) is 8.55. The zero-order valence-corrected chi connectivity index (χ0v) is 16.0. The first-order chi connectivity index (χ1) is 13.1. The van der Waals surface area contributed by atoms with Crippen LogP contribution >= 0.6 is 11.3 Å². The maximum absolute atomic E-state index is 12.2. The summed E-state index contributed by atoms with van der Waals surface area (Å²) < 4.78 is 5.04. The summed E-state index contributed by atoms with van der Waals surface area (Å²) >= 11 is 1.54. The Hall–Kier alpha value is -2.99. The van der Waals surface area contributed by atoms with Crippen LogP contribution in [0.2, 0.25) is 0 Å². The van der Waals surface area contributed by atoms with Gasteiger partial charge in [0, 0.05) is 12.6 Å². The maximum Gasteiger partial charge on any atom is 0.312 e. The van der Waals surface area contributed by atoms with Gasteiger partial charge in [-0.25, -0.2) is 4.98 Å². The van der Waals surface area contributed by atoms with E-state index in [0.717, 1.165) is 26.6 Å². The molecule has 5 nitrogen and oxygen atoms in total. The van der Waals surface area contributed by atoms with Gasteiger partial charge in [-0.3, -0.25) is 9.59 Å². The van der Waals surface area contributed by atoms with Crippen molar-refractivity contribution >= 4 is 23.2 Å². The maximum atomic E-state index is 12.2. The summed E-state index contributed by atoms with van der Waals surface area (Å²) in [6.45, 7) is 1.74. The highest BCUT2D eigenvalue weighted by Gasteiger charge is 2.18. The molecule has 3 rings (SSSR count). The minimum atomic E-state index is -0.475. The van der Waals surface area contributed by atoms with E-state index in [4.69, 9.17) is 4.74 Å². The summed E-state index contributed by atoms with van der Waals surface area (Å²) in [5.41, 5.74) is 3.83. The van der Waals surface area contributed by atoms with E-state index in [1.54, 1.807) is 11.3 Å². The highest BCUT2D eigenvalue weighted by molar-refractivity contribution is 7.18. The molecule has 0 bridgehead atoms. The Morgan fingerprint density at radius 1 is 1.04 bits per heavy atom. The number of rotatable bonds is 6. The normalized spacial score (nSPS) is 10.4. The quantitative estimate of drug-likeness (QED) is 0.663. The Morgan fingerprint density at radius 3 is 2.41 bits per heavy atom. The number of benzene rings is 2. The number of thiazole rings is 1. The number of hydrogen-bond donors (Lipinski definition) is 1. The Morgan fingerprint density at radius 2 is 1.74 bits per heavy atom. The van der Waals surface area contributed by atoms with E-state index in [1.807, 2.05) is 61.5 Å². The number of carbonyl (C=O) groups excluding carboxylic acids is 2. The second-order valence-corrected chi connectivity index (χ2v) is 7.04. The van der Waals surface area contributed by atoms with Gasteiger partial charge in [0.25, 0.3) is 5.91 Å². The SMILES string of the molecule is CNC(=O)COC(=O)Cc1nc(-c2ccccc2)sc1-c1ccc(C)cc1. The van der Waals surface area contributed by atoms with E-state index >= 15 is 0 Å². The average Bonchev–Trinajstić information content (AvgIpc) is 3.11. The van der Waals surface area contributed by atoms with Crippen molar-refractivity contribution in [3.05, 3.63) is 65.9 Å². The molecule has 0 saturated heterocycles. The van der Waals surface area contributed by atoms with Gasteiger partial charge in [-0.05, 0) is 12.5 Å². The summed E-state index contributed by atoms with van der Waals surface area (Å²) in [7, 11) is 1.50. The fraction of sp³-hybridized carbons (Fsp3) is 0.190. The molecule has 0 saturated carbocycles. The van der Waals surface area contributed by atoms with Gasteiger partial charge in [0.05, 0.1) is 17.0 Å². The second-order valence-electron chi connectivity index (χ2n) is 6.04. The van der Waals surface area contributed by atoms with Crippen molar-refractivity contribution in [3.8, 4) is 21.0 Å². The van der Waals surface area contributed by atoms with Crippen molar-refractivity contribution in [3.63, 3.8) is 0 Å². The molecule has 1 aromatic heterocycles. The number of aromatic nitrogens is 1. The first kappa shape index (κ1) is 18.8. The Labute approximate surface area is 162 Å². The molecule has 0 radical (unpaired) electrons. The zero-order valence-electron chi connectivity index (χ0n) is 15.2. The van der Waals surface area contributed by atoms with E-state index in [0.29, 0.717) is 5.69 Å². The molecule has 0 fully saturated rings. The molecule has 0 aliphatic rings. The van der Waals surface area contributed by atoms with Crippen LogP contribution in [-0.4, -0.2) is 30.5 Å². The van der Waals surface area contributed by atoms with Crippen LogP contribution in [0.15, 0.2) is 54.6 Å². The van der Waals surface area contributed by atoms with Crippen LogP contribution in [0.25, 0.3) is 21.0 Å². The molecule has 138 valence electrons. The highest BCUT2D eigenvalue weighted by atomic mass is 32.1. The van der Waals surface area contributed by atoms with Gasteiger partial charge >= 0.3 is 5.97 Å². The predicted octanol–water partition coefficient (Wildman–Crippen LogP) is 3.62. The molecule has 0 spiro atoms. The smallest absolute Gasteiger partial charge is 0.312 e. The lowest BCUT2D eigenvalue weighted by Crippen LogP contribution is -2.25. The van der Waals surface area contributed by atoms with Crippen LogP contribution in [0.1, 0.15) is 11.3 Å². The molecule has 1 amide bonds. The van der Waals surface area contributed by atoms with Crippen molar-refractivity contribution in [2.45, 2.75) is 13.3 Å². The Balaban J connectivity index is 1.90. The summed E-state index contributed by atoms with van der Waals surface area (Å²) in [5, 5.41) is 3.27. The zero-order chi connectivity index (χ0) is 19.2. The molecule has 6 heteroatoms. The van der Waals surface area contributed by atoms with Crippen LogP contribution in [0.5, 0.6) is 0 Å². The number of aryl methyl sites for hydroxylation is 1. The third kappa shape index (κ3) is 4.80. The molecule has 1 N–H and O–H groups in total. The van der Waals surface area contributed by atoms with E-state index in [2.05, 4.69) is 10.3 Å². The third-order valence-electron chi connectivity index (χ3n) is 3.99. The van der Waals surface area contributed by atoms with Crippen molar-refractivity contribution in [2.24, 2.45) is 0 Å². The van der Waals surface area contributed by atoms with Gasteiger partial charge in [-0.15, -0.1) is 11.3 Å². The highest BCUT2D eigenvalue weighted by Crippen LogP contribution is 2.36. The number of hydrogen-bond acceptors (Lipinski definition) is 5. The van der Waals surface area contributed by atoms with Crippen LogP contribution in [0.4, 0.5) is 0 Å². The molecule has 0 unspecified atom stereocenters. The van der Waals surface area contributed by atoms with E-state index in [-0.39, 0.29) is 18.9 Å². The summed E-state index contributed by atoms with van der Waals surface area (Å²) in [4.78, 5) is 29.1. The lowest BCUT2D eigenvalue weighted by Gasteiger charge is -2.05. The molecule has 0 aliphatic carbocycles. The minimum absolute atomic E-state index is 0.0174. The van der Waals surface area contributed by atoms with Crippen LogP contribution in [-0.2, 0) is 20.7 Å². The molecule has 1 heterocycles. The average molecular weight is 380 g/mol. The number of esters is 1. The van der Waals surface area contributed by atoms with Gasteiger partial charge < -0.3 is 10.1 Å². The lowest BCUT2D eigenvalue weighted by molar-refractivity contribution is -0.147. The van der Waals surface area contributed by atoms with Gasteiger partial charge in [-0.1, -0.05) is 60.2 Å². The van der Waals surface area contributed by atoms with Crippen LogP contribution in [0, 0.1) is 6.92 Å². The summed E-state index contributed by atoms with van der Waals surface area (Å²) in [5.74, 6) is -0.817. The van der Waals surface area contributed by atoms with E-state index in [1.165, 1.54) is 7.05 Å². The topological polar surface area (TPSA) is 68.3 Å². The first-order valence-corrected chi connectivity index (χ1v) is 9.37. The fourth-order valence-electron chi connectivity index (χ4n) is 2.51. The van der Waals surface area contributed by atoms with Crippen molar-refractivity contribution < 1.29 is 14.3 Å². The minimum Gasteiger partial charge on any atom is -0.455 e. The number of nitrogens with one attached hydrogen (secondary N) is 1. The van der Waals surface area contributed by atoms with Crippen molar-refractivity contribution in [1.29, 1.82) is 0 Å². The van der Waals surface area contributed by atoms with Gasteiger partial charge in [0.2, 0.25) is 0 Å².